The zero-order valence-corrected chi connectivity index (χ0v) is 18.2. The number of halogens is 1. The van der Waals surface area contributed by atoms with Crippen LogP contribution >= 0.6 is 11.6 Å². The maximum absolute atomic E-state index is 12.5. The van der Waals surface area contributed by atoms with Gasteiger partial charge in [-0.15, -0.1) is 0 Å². The lowest BCUT2D eigenvalue weighted by atomic mass is 10.2. The molecule has 0 atom stereocenters. The fourth-order valence-electron chi connectivity index (χ4n) is 3.01. The van der Waals surface area contributed by atoms with E-state index in [1.54, 1.807) is 6.21 Å². The number of rotatable bonds is 7. The van der Waals surface area contributed by atoms with Crippen LogP contribution in [-0.2, 0) is 14.8 Å². The van der Waals surface area contributed by atoms with Gasteiger partial charge in [-0.3, -0.25) is 4.79 Å². The Morgan fingerprint density at radius 3 is 2.43 bits per heavy atom. The van der Waals surface area contributed by atoms with Crippen molar-refractivity contribution in [3.8, 4) is 0 Å². The number of aromatic nitrogens is 1. The smallest absolute Gasteiger partial charge is 0.255 e. The highest BCUT2D eigenvalue weighted by atomic mass is 35.5. The van der Waals surface area contributed by atoms with Crippen molar-refractivity contribution in [2.75, 3.05) is 13.6 Å². The van der Waals surface area contributed by atoms with Crippen molar-refractivity contribution in [3.63, 3.8) is 0 Å². The van der Waals surface area contributed by atoms with Gasteiger partial charge in [-0.2, -0.15) is 9.41 Å². The molecule has 0 aliphatic rings. The average Bonchev–Trinajstić information content (AvgIpc) is 2.89. The minimum atomic E-state index is -3.79. The van der Waals surface area contributed by atoms with Gasteiger partial charge in [-0.1, -0.05) is 11.6 Å². The van der Waals surface area contributed by atoms with Gasteiger partial charge in [-0.25, -0.2) is 13.8 Å². The van der Waals surface area contributed by atoms with Crippen molar-refractivity contribution in [3.05, 3.63) is 52.3 Å². The van der Waals surface area contributed by atoms with Crippen molar-refractivity contribution in [1.29, 1.82) is 0 Å². The number of nitrogens with one attached hydrogen (secondary N) is 1. The van der Waals surface area contributed by atoms with E-state index >= 15 is 0 Å². The van der Waals surface area contributed by atoms with Crippen LogP contribution < -0.4 is 5.43 Å². The molecule has 0 unspecified atom stereocenters. The summed E-state index contributed by atoms with van der Waals surface area (Å²) in [7, 11) is -2.45. The monoisotopic (exact) mass is 424 g/mol. The molecule has 0 bridgehead atoms. The molecule has 0 spiro atoms. The van der Waals surface area contributed by atoms with Crippen LogP contribution in [0.4, 0.5) is 0 Å². The number of hydrazone groups is 1. The predicted molar refractivity (Wildman–Crippen MR) is 111 cm³/mol. The molecule has 9 heteroatoms. The Hall–Kier alpha value is -2.16. The largest absolute Gasteiger partial charge is 0.346 e. The van der Waals surface area contributed by atoms with E-state index in [0.717, 1.165) is 21.3 Å². The molecule has 7 nitrogen and oxygen atoms in total. The standard InChI is InChI=1S/C19H25ClN4O3S/c1-13(2)24-14(3)10-16(15(24)4)11-21-22-19(25)12-23(5)28(26,27)18-8-6-17(20)7-9-18/h6-11,13H,12H2,1-5H3,(H,22,25)/b21-11-. The van der Waals surface area contributed by atoms with Crippen molar-refractivity contribution in [2.45, 2.75) is 38.6 Å². The van der Waals surface area contributed by atoms with Crippen LogP contribution in [-0.4, -0.2) is 43.0 Å². The van der Waals surface area contributed by atoms with Gasteiger partial charge in [0.15, 0.2) is 0 Å². The third kappa shape index (κ3) is 5.01. The zero-order valence-electron chi connectivity index (χ0n) is 16.6. The maximum atomic E-state index is 12.5. The average molecular weight is 425 g/mol. The molecule has 0 fully saturated rings. The Kier molecular flexibility index (Phi) is 7.03. The minimum absolute atomic E-state index is 0.0665. The van der Waals surface area contributed by atoms with Crippen LogP contribution in [0.5, 0.6) is 0 Å². The summed E-state index contributed by atoms with van der Waals surface area (Å²) in [5.74, 6) is -0.533. The molecule has 0 aliphatic heterocycles. The quantitative estimate of drug-likeness (QED) is 0.547. The summed E-state index contributed by atoms with van der Waals surface area (Å²) in [5, 5.41) is 4.39. The van der Waals surface area contributed by atoms with Gasteiger partial charge in [0.2, 0.25) is 10.0 Å². The third-order valence-corrected chi connectivity index (χ3v) is 6.39. The number of carbonyl (C=O) groups excluding carboxylic acids is 1. The first-order valence-corrected chi connectivity index (χ1v) is 10.6. The second-order valence-corrected chi connectivity index (χ2v) is 9.28. The fraction of sp³-hybridized carbons (Fsp3) is 0.368. The normalized spacial score (nSPS) is 12.3. The second kappa shape index (κ2) is 8.89. The zero-order chi connectivity index (χ0) is 21.1. The predicted octanol–water partition coefficient (Wildman–Crippen LogP) is 3.11. The highest BCUT2D eigenvalue weighted by Gasteiger charge is 2.22. The Labute approximate surface area is 171 Å². The van der Waals surface area contributed by atoms with E-state index in [1.165, 1.54) is 31.3 Å². The molecule has 2 rings (SSSR count). The molecule has 152 valence electrons. The lowest BCUT2D eigenvalue weighted by Crippen LogP contribution is -2.36. The van der Waals surface area contributed by atoms with E-state index in [0.29, 0.717) is 11.1 Å². The van der Waals surface area contributed by atoms with Crippen molar-refractivity contribution < 1.29 is 13.2 Å². The Morgan fingerprint density at radius 2 is 1.89 bits per heavy atom. The van der Waals surface area contributed by atoms with E-state index in [-0.39, 0.29) is 11.4 Å². The van der Waals surface area contributed by atoms with Crippen molar-refractivity contribution in [2.24, 2.45) is 5.10 Å². The molecule has 0 saturated heterocycles. The Bertz CT molecular complexity index is 979. The summed E-state index contributed by atoms with van der Waals surface area (Å²) >= 11 is 5.78. The molecule has 0 aliphatic carbocycles. The number of likely N-dealkylation sites (N-methyl/N-ethyl adjacent to an activating group) is 1. The molecule has 1 heterocycles. The molecule has 0 radical (unpaired) electrons. The summed E-state index contributed by atoms with van der Waals surface area (Å²) in [4.78, 5) is 12.2. The van der Waals surface area contributed by atoms with Crippen LogP contribution in [0.3, 0.4) is 0 Å². The van der Waals surface area contributed by atoms with Gasteiger partial charge in [0.25, 0.3) is 5.91 Å². The third-order valence-electron chi connectivity index (χ3n) is 4.32. The summed E-state index contributed by atoms with van der Waals surface area (Å²) in [6, 6.07) is 8.08. The van der Waals surface area contributed by atoms with E-state index in [4.69, 9.17) is 11.6 Å². The van der Waals surface area contributed by atoms with Gasteiger partial charge in [-0.05, 0) is 58.0 Å². The highest BCUT2D eigenvalue weighted by Crippen LogP contribution is 2.19. The van der Waals surface area contributed by atoms with Crippen LogP contribution in [0, 0.1) is 13.8 Å². The first kappa shape index (κ1) is 22.1. The Balaban J connectivity index is 2.01. The van der Waals surface area contributed by atoms with Crippen LogP contribution in [0.15, 0.2) is 40.3 Å². The molecule has 2 aromatic rings. The molecule has 1 aromatic carbocycles. The SMILES string of the molecule is Cc1cc(/C=N\NC(=O)CN(C)S(=O)(=O)c2ccc(Cl)cc2)c(C)n1C(C)C. The van der Waals surface area contributed by atoms with Gasteiger partial charge < -0.3 is 4.57 Å². The van der Waals surface area contributed by atoms with Crippen LogP contribution in [0.2, 0.25) is 5.02 Å². The van der Waals surface area contributed by atoms with Gasteiger partial charge >= 0.3 is 0 Å². The topological polar surface area (TPSA) is 83.8 Å². The number of hydrogen-bond donors (Lipinski definition) is 1. The molecule has 1 N–H and O–H groups in total. The van der Waals surface area contributed by atoms with Gasteiger partial charge in [0, 0.05) is 35.1 Å². The highest BCUT2D eigenvalue weighted by molar-refractivity contribution is 7.89. The summed E-state index contributed by atoms with van der Waals surface area (Å²) in [5.41, 5.74) is 5.43. The van der Waals surface area contributed by atoms with Gasteiger partial charge in [0.05, 0.1) is 17.7 Å². The summed E-state index contributed by atoms with van der Waals surface area (Å²) < 4.78 is 28.1. The van der Waals surface area contributed by atoms with Crippen molar-refractivity contribution in [1.82, 2.24) is 14.3 Å². The number of sulfonamides is 1. The lowest BCUT2D eigenvalue weighted by Gasteiger charge is -2.16. The molecule has 0 saturated carbocycles. The van der Waals surface area contributed by atoms with E-state index in [9.17, 15) is 13.2 Å². The number of hydrogen-bond acceptors (Lipinski definition) is 4. The molecule has 28 heavy (non-hydrogen) atoms. The summed E-state index contributed by atoms with van der Waals surface area (Å²) in [6.45, 7) is 7.84. The van der Waals surface area contributed by atoms with E-state index < -0.39 is 15.9 Å². The molecular formula is C19H25ClN4O3S. The molecular weight excluding hydrogens is 400 g/mol. The number of amides is 1. The molecule has 1 aromatic heterocycles. The number of nitrogens with zero attached hydrogens (tertiary/aromatic N) is 3. The van der Waals surface area contributed by atoms with Gasteiger partial charge in [0.1, 0.15) is 0 Å². The second-order valence-electron chi connectivity index (χ2n) is 6.80. The number of aryl methyl sites for hydroxylation is 1. The fourth-order valence-corrected chi connectivity index (χ4v) is 4.26. The van der Waals surface area contributed by atoms with Crippen molar-refractivity contribution >= 4 is 33.7 Å². The minimum Gasteiger partial charge on any atom is -0.346 e. The Morgan fingerprint density at radius 1 is 1.29 bits per heavy atom. The number of benzene rings is 1. The van der Waals surface area contributed by atoms with E-state index in [2.05, 4.69) is 28.9 Å². The van der Waals surface area contributed by atoms with Crippen LogP contribution in [0.1, 0.15) is 36.8 Å². The maximum Gasteiger partial charge on any atom is 0.255 e. The first-order chi connectivity index (χ1) is 13.0. The molecule has 1 amide bonds. The number of carbonyl (C=O) groups is 1. The lowest BCUT2D eigenvalue weighted by molar-refractivity contribution is -0.121. The van der Waals surface area contributed by atoms with Crippen LogP contribution in [0.25, 0.3) is 0 Å². The van der Waals surface area contributed by atoms with E-state index in [1.807, 2.05) is 19.9 Å². The summed E-state index contributed by atoms with van der Waals surface area (Å²) in [6.07, 6.45) is 1.56. The first-order valence-electron chi connectivity index (χ1n) is 8.76.